The summed E-state index contributed by atoms with van der Waals surface area (Å²) in [6.07, 6.45) is 2.96. The van der Waals surface area contributed by atoms with Crippen molar-refractivity contribution in [1.82, 2.24) is 9.78 Å². The first-order chi connectivity index (χ1) is 10.1. The van der Waals surface area contributed by atoms with Crippen molar-refractivity contribution in [3.8, 4) is 0 Å². The van der Waals surface area contributed by atoms with Crippen molar-refractivity contribution in [1.29, 1.82) is 0 Å². The zero-order valence-corrected chi connectivity index (χ0v) is 13.6. The molecule has 0 aromatic carbocycles. The minimum atomic E-state index is -0.465. The predicted octanol–water partition coefficient (Wildman–Crippen LogP) is 0.606. The average Bonchev–Trinajstić information content (AvgIpc) is 2.52. The Kier molecular flexibility index (Phi) is 5.74. The van der Waals surface area contributed by atoms with Crippen LogP contribution in [0.4, 0.5) is 5.69 Å². The number of hydrogen-bond acceptors (Lipinski definition) is 6. The van der Waals surface area contributed by atoms with Crippen molar-refractivity contribution in [3.63, 3.8) is 0 Å². The average molecular weight is 362 g/mol. The van der Waals surface area contributed by atoms with E-state index in [0.29, 0.717) is 49.4 Å². The molecule has 1 aliphatic heterocycles. The summed E-state index contributed by atoms with van der Waals surface area (Å²) < 4.78 is 12.0. The molecule has 1 fully saturated rings. The van der Waals surface area contributed by atoms with Gasteiger partial charge in [-0.25, -0.2) is 4.68 Å². The lowest BCUT2D eigenvalue weighted by molar-refractivity contribution is 0.0379. The van der Waals surface area contributed by atoms with Gasteiger partial charge in [0, 0.05) is 20.3 Å². The highest BCUT2D eigenvalue weighted by molar-refractivity contribution is 9.10. The monoisotopic (exact) mass is 361 g/mol. The van der Waals surface area contributed by atoms with E-state index in [1.54, 1.807) is 13.3 Å². The van der Waals surface area contributed by atoms with Gasteiger partial charge in [0.05, 0.1) is 37.2 Å². The Bertz CT molecular complexity index is 529. The molecule has 1 aromatic rings. The van der Waals surface area contributed by atoms with Gasteiger partial charge < -0.3 is 19.9 Å². The largest absolute Gasteiger partial charge is 0.394 e. The van der Waals surface area contributed by atoms with Crippen LogP contribution in [-0.4, -0.2) is 54.0 Å². The van der Waals surface area contributed by atoms with Crippen LogP contribution in [0.3, 0.4) is 0 Å². The molecule has 0 bridgehead atoms. The second kappa shape index (κ2) is 7.35. The van der Waals surface area contributed by atoms with Gasteiger partial charge in [-0.15, -0.1) is 0 Å². The highest BCUT2D eigenvalue weighted by Gasteiger charge is 2.32. The van der Waals surface area contributed by atoms with E-state index in [4.69, 9.17) is 9.47 Å². The van der Waals surface area contributed by atoms with Crippen LogP contribution in [-0.2, 0) is 16.0 Å². The Balaban J connectivity index is 2.20. The third-order valence-corrected chi connectivity index (χ3v) is 4.41. The van der Waals surface area contributed by atoms with Crippen LogP contribution >= 0.6 is 15.9 Å². The fourth-order valence-electron chi connectivity index (χ4n) is 2.26. The minimum absolute atomic E-state index is 0.0183. The molecule has 2 N–H and O–H groups in total. The molecule has 118 valence electrons. The maximum atomic E-state index is 12.2. The predicted molar refractivity (Wildman–Crippen MR) is 81.6 cm³/mol. The van der Waals surface area contributed by atoms with Crippen LogP contribution in [0.25, 0.3) is 0 Å². The zero-order chi connectivity index (χ0) is 15.3. The number of hydrogen-bond donors (Lipinski definition) is 2. The molecule has 0 saturated carbocycles. The molecule has 7 nitrogen and oxygen atoms in total. The lowest BCUT2D eigenvalue weighted by atomic mass is 9.91. The number of anilines is 1. The van der Waals surface area contributed by atoms with E-state index in [2.05, 4.69) is 26.3 Å². The Morgan fingerprint density at radius 2 is 2.29 bits per heavy atom. The van der Waals surface area contributed by atoms with Gasteiger partial charge in [-0.2, -0.15) is 5.10 Å². The molecule has 1 aromatic heterocycles. The number of rotatable bonds is 6. The molecule has 0 unspecified atom stereocenters. The van der Waals surface area contributed by atoms with Crippen molar-refractivity contribution < 1.29 is 14.6 Å². The van der Waals surface area contributed by atoms with Crippen LogP contribution in [0.15, 0.2) is 15.5 Å². The number of methoxy groups -OCH3 is 1. The summed E-state index contributed by atoms with van der Waals surface area (Å²) >= 11 is 3.31. The number of aliphatic hydroxyl groups is 1. The lowest BCUT2D eigenvalue weighted by Gasteiger charge is -2.37. The van der Waals surface area contributed by atoms with Crippen molar-refractivity contribution in [2.75, 3.05) is 38.9 Å². The van der Waals surface area contributed by atoms with Crippen LogP contribution in [0.2, 0.25) is 0 Å². The van der Waals surface area contributed by atoms with Gasteiger partial charge in [-0.3, -0.25) is 4.79 Å². The SMILES string of the molecule is COCCn1ncc(NC2(CO)CCOCC2)c(Br)c1=O. The van der Waals surface area contributed by atoms with Gasteiger partial charge in [-0.1, -0.05) is 0 Å². The van der Waals surface area contributed by atoms with Gasteiger partial charge in [0.1, 0.15) is 4.47 Å². The van der Waals surface area contributed by atoms with E-state index in [-0.39, 0.29) is 12.2 Å². The molecule has 1 saturated heterocycles. The number of aliphatic hydroxyl groups excluding tert-OH is 1. The summed E-state index contributed by atoms with van der Waals surface area (Å²) in [5, 5.41) is 17.1. The lowest BCUT2D eigenvalue weighted by Crippen LogP contribution is -2.47. The van der Waals surface area contributed by atoms with Gasteiger partial charge in [0.2, 0.25) is 0 Å². The van der Waals surface area contributed by atoms with Crippen LogP contribution in [0, 0.1) is 0 Å². The molecule has 8 heteroatoms. The smallest absolute Gasteiger partial charge is 0.283 e. The van der Waals surface area contributed by atoms with Crippen molar-refractivity contribution in [2.45, 2.75) is 24.9 Å². The molecule has 1 aliphatic rings. The van der Waals surface area contributed by atoms with Crippen molar-refractivity contribution in [2.24, 2.45) is 0 Å². The van der Waals surface area contributed by atoms with E-state index >= 15 is 0 Å². The molecule has 0 radical (unpaired) electrons. The van der Waals surface area contributed by atoms with E-state index in [9.17, 15) is 9.90 Å². The van der Waals surface area contributed by atoms with E-state index in [1.807, 2.05) is 0 Å². The van der Waals surface area contributed by atoms with Crippen molar-refractivity contribution >= 4 is 21.6 Å². The molecule has 0 amide bonds. The van der Waals surface area contributed by atoms with Crippen LogP contribution in [0.5, 0.6) is 0 Å². The fraction of sp³-hybridized carbons (Fsp3) is 0.692. The number of nitrogens with one attached hydrogen (secondary N) is 1. The third-order valence-electron chi connectivity index (χ3n) is 3.64. The second-order valence-corrected chi connectivity index (χ2v) is 5.86. The Morgan fingerprint density at radius 3 is 2.90 bits per heavy atom. The number of ether oxygens (including phenoxy) is 2. The van der Waals surface area contributed by atoms with E-state index in [1.165, 1.54) is 4.68 Å². The number of nitrogens with zero attached hydrogens (tertiary/aromatic N) is 2. The normalized spacial score (nSPS) is 17.7. The summed E-state index contributed by atoms with van der Waals surface area (Å²) in [5.74, 6) is 0. The molecular formula is C13H20BrN3O4. The highest BCUT2D eigenvalue weighted by atomic mass is 79.9. The van der Waals surface area contributed by atoms with Crippen LogP contribution < -0.4 is 10.9 Å². The molecular weight excluding hydrogens is 342 g/mol. The molecule has 2 rings (SSSR count). The van der Waals surface area contributed by atoms with E-state index in [0.717, 1.165) is 0 Å². The summed E-state index contributed by atoms with van der Waals surface area (Å²) in [6.45, 7) is 1.97. The first kappa shape index (κ1) is 16.4. The first-order valence-corrected chi connectivity index (χ1v) is 7.62. The molecule has 21 heavy (non-hydrogen) atoms. The summed E-state index contributed by atoms with van der Waals surface area (Å²) in [5.41, 5.74) is -0.102. The molecule has 2 heterocycles. The standard InChI is InChI=1S/C13H20BrN3O4/c1-20-7-4-17-12(19)11(14)10(8-15-17)16-13(9-18)2-5-21-6-3-13/h8,16,18H,2-7,9H2,1H3. The first-order valence-electron chi connectivity index (χ1n) is 6.83. The van der Waals surface area contributed by atoms with Crippen LogP contribution in [0.1, 0.15) is 12.8 Å². The molecule has 0 atom stereocenters. The quantitative estimate of drug-likeness (QED) is 0.771. The van der Waals surface area contributed by atoms with Gasteiger partial charge in [0.15, 0.2) is 0 Å². The molecule has 0 spiro atoms. The number of halogens is 1. The van der Waals surface area contributed by atoms with Gasteiger partial charge in [-0.05, 0) is 28.8 Å². The minimum Gasteiger partial charge on any atom is -0.394 e. The maximum absolute atomic E-state index is 12.2. The summed E-state index contributed by atoms with van der Waals surface area (Å²) in [6, 6.07) is 0. The van der Waals surface area contributed by atoms with Crippen molar-refractivity contribution in [3.05, 3.63) is 21.0 Å². The zero-order valence-electron chi connectivity index (χ0n) is 12.0. The highest BCUT2D eigenvalue weighted by Crippen LogP contribution is 2.28. The topological polar surface area (TPSA) is 85.6 Å². The molecule has 0 aliphatic carbocycles. The van der Waals surface area contributed by atoms with Gasteiger partial charge in [0.25, 0.3) is 5.56 Å². The van der Waals surface area contributed by atoms with E-state index < -0.39 is 5.54 Å². The fourth-order valence-corrected chi connectivity index (χ4v) is 2.67. The van der Waals surface area contributed by atoms with Gasteiger partial charge >= 0.3 is 0 Å². The number of aromatic nitrogens is 2. The Hall–Kier alpha value is -0.960. The summed E-state index contributed by atoms with van der Waals surface area (Å²) in [7, 11) is 1.58. The summed E-state index contributed by atoms with van der Waals surface area (Å²) in [4.78, 5) is 12.2. The maximum Gasteiger partial charge on any atom is 0.283 e. The third kappa shape index (κ3) is 3.82. The Labute approximate surface area is 131 Å². The Morgan fingerprint density at radius 1 is 1.57 bits per heavy atom. The second-order valence-electron chi connectivity index (χ2n) is 5.07.